The van der Waals surface area contributed by atoms with E-state index in [-0.39, 0.29) is 0 Å². The number of nitrogens with zero attached hydrogens (tertiary/aromatic N) is 4. The van der Waals surface area contributed by atoms with Crippen molar-refractivity contribution < 1.29 is 0 Å². The Morgan fingerprint density at radius 1 is 1.25 bits per heavy atom. The molecule has 0 bridgehead atoms. The Kier molecular flexibility index (Phi) is 4.10. The van der Waals surface area contributed by atoms with Crippen LogP contribution in [0.25, 0.3) is 0 Å². The Hall–Kier alpha value is -0.910. The summed E-state index contributed by atoms with van der Waals surface area (Å²) in [7, 11) is 0. The predicted octanol–water partition coefficient (Wildman–Crippen LogP) is 0.928. The van der Waals surface area contributed by atoms with Crippen molar-refractivity contribution in [3.8, 4) is 0 Å². The summed E-state index contributed by atoms with van der Waals surface area (Å²) in [4.78, 5) is 7.75. The van der Waals surface area contributed by atoms with Gasteiger partial charge < -0.3 is 0 Å². The number of nitrogens with one attached hydrogen (secondary N) is 1. The first-order valence-corrected chi connectivity index (χ1v) is 7.83. The molecule has 0 spiro atoms. The summed E-state index contributed by atoms with van der Waals surface area (Å²) >= 11 is 0. The van der Waals surface area contributed by atoms with Crippen LogP contribution in [0, 0.1) is 6.92 Å². The summed E-state index contributed by atoms with van der Waals surface area (Å²) in [5.74, 6) is 0. The highest BCUT2D eigenvalue weighted by atomic mass is 15.4. The number of aryl methyl sites for hydroxylation is 1. The third-order valence-corrected chi connectivity index (χ3v) is 4.68. The highest BCUT2D eigenvalue weighted by Gasteiger charge is 2.33. The first-order chi connectivity index (χ1) is 9.61. The molecule has 0 radical (unpaired) electrons. The fourth-order valence-electron chi connectivity index (χ4n) is 3.31. The van der Waals surface area contributed by atoms with E-state index in [1.807, 2.05) is 0 Å². The zero-order valence-corrected chi connectivity index (χ0v) is 13.0. The van der Waals surface area contributed by atoms with Crippen LogP contribution in [-0.4, -0.2) is 76.2 Å². The van der Waals surface area contributed by atoms with Gasteiger partial charge in [-0.25, -0.2) is 0 Å². The number of piperazine rings is 1. The van der Waals surface area contributed by atoms with Crippen molar-refractivity contribution in [2.45, 2.75) is 39.4 Å². The lowest BCUT2D eigenvalue weighted by Gasteiger charge is -2.48. The average Bonchev–Trinajstić information content (AvgIpc) is 2.79. The van der Waals surface area contributed by atoms with E-state index in [9.17, 15) is 0 Å². The molecule has 5 nitrogen and oxygen atoms in total. The van der Waals surface area contributed by atoms with Crippen LogP contribution in [-0.2, 0) is 6.54 Å². The zero-order valence-electron chi connectivity index (χ0n) is 13.0. The standard InChI is InChI=1S/C15H27N5/c1-12(2)19-4-6-20(7-5-19)15-10-18(11-15)9-14-8-13(3)16-17-14/h8,12,15H,4-7,9-11H2,1-3H3,(H,16,17). The van der Waals surface area contributed by atoms with Gasteiger partial charge in [-0.05, 0) is 26.8 Å². The zero-order chi connectivity index (χ0) is 14.1. The molecule has 5 heteroatoms. The molecule has 0 amide bonds. The monoisotopic (exact) mass is 277 g/mol. The van der Waals surface area contributed by atoms with Crippen LogP contribution < -0.4 is 0 Å². The molecule has 3 rings (SSSR count). The summed E-state index contributed by atoms with van der Waals surface area (Å²) in [6.45, 7) is 15.0. The molecule has 1 aromatic rings. The lowest BCUT2D eigenvalue weighted by Crippen LogP contribution is -2.63. The number of likely N-dealkylation sites (tertiary alicyclic amines) is 1. The van der Waals surface area contributed by atoms with Gasteiger partial charge in [-0.15, -0.1) is 0 Å². The van der Waals surface area contributed by atoms with Crippen LogP contribution in [0.3, 0.4) is 0 Å². The average molecular weight is 277 g/mol. The van der Waals surface area contributed by atoms with Crippen molar-refractivity contribution in [1.82, 2.24) is 24.9 Å². The predicted molar refractivity (Wildman–Crippen MR) is 80.7 cm³/mol. The molecule has 3 heterocycles. The van der Waals surface area contributed by atoms with E-state index >= 15 is 0 Å². The lowest BCUT2D eigenvalue weighted by atomic mass is 10.1. The Morgan fingerprint density at radius 3 is 2.50 bits per heavy atom. The van der Waals surface area contributed by atoms with Crippen LogP contribution in [0.1, 0.15) is 25.2 Å². The minimum atomic E-state index is 0.693. The Labute approximate surface area is 121 Å². The Morgan fingerprint density at radius 2 is 1.95 bits per heavy atom. The van der Waals surface area contributed by atoms with Gasteiger partial charge in [0.05, 0.1) is 5.69 Å². The maximum atomic E-state index is 4.32. The van der Waals surface area contributed by atoms with Crippen LogP contribution in [0.4, 0.5) is 0 Å². The van der Waals surface area contributed by atoms with Crippen molar-refractivity contribution in [3.63, 3.8) is 0 Å². The van der Waals surface area contributed by atoms with Gasteiger partial charge in [0.15, 0.2) is 0 Å². The largest absolute Gasteiger partial charge is 0.298 e. The van der Waals surface area contributed by atoms with E-state index < -0.39 is 0 Å². The fraction of sp³-hybridized carbons (Fsp3) is 0.800. The third kappa shape index (κ3) is 3.05. The van der Waals surface area contributed by atoms with Crippen molar-refractivity contribution in [1.29, 1.82) is 0 Å². The molecule has 0 aromatic carbocycles. The fourth-order valence-corrected chi connectivity index (χ4v) is 3.31. The van der Waals surface area contributed by atoms with Gasteiger partial charge in [-0.3, -0.25) is 19.8 Å². The molecule has 112 valence electrons. The van der Waals surface area contributed by atoms with E-state index in [4.69, 9.17) is 0 Å². The second kappa shape index (κ2) is 5.84. The van der Waals surface area contributed by atoms with Gasteiger partial charge in [-0.2, -0.15) is 5.10 Å². The molecule has 2 fully saturated rings. The maximum absolute atomic E-state index is 4.32. The number of aromatic amines is 1. The van der Waals surface area contributed by atoms with Crippen molar-refractivity contribution >= 4 is 0 Å². The summed E-state index contributed by atoms with van der Waals surface area (Å²) in [5, 5.41) is 7.34. The molecular formula is C15H27N5. The first kappa shape index (κ1) is 14.0. The van der Waals surface area contributed by atoms with E-state index in [2.05, 4.69) is 51.7 Å². The number of hydrogen-bond acceptors (Lipinski definition) is 4. The first-order valence-electron chi connectivity index (χ1n) is 7.83. The molecule has 2 aliphatic rings. The molecule has 20 heavy (non-hydrogen) atoms. The summed E-state index contributed by atoms with van der Waals surface area (Å²) < 4.78 is 0. The van der Waals surface area contributed by atoms with Gasteiger partial charge in [0.25, 0.3) is 0 Å². The topological polar surface area (TPSA) is 38.4 Å². The highest BCUT2D eigenvalue weighted by Crippen LogP contribution is 2.19. The summed E-state index contributed by atoms with van der Waals surface area (Å²) in [5.41, 5.74) is 2.33. The molecule has 0 saturated carbocycles. The van der Waals surface area contributed by atoms with Crippen LogP contribution in [0.5, 0.6) is 0 Å². The van der Waals surface area contributed by atoms with Crippen molar-refractivity contribution in [2.24, 2.45) is 0 Å². The van der Waals surface area contributed by atoms with Gasteiger partial charge in [0.2, 0.25) is 0 Å². The summed E-state index contributed by atoms with van der Waals surface area (Å²) in [6, 6.07) is 3.61. The van der Waals surface area contributed by atoms with E-state index in [0.29, 0.717) is 6.04 Å². The minimum absolute atomic E-state index is 0.693. The van der Waals surface area contributed by atoms with Crippen LogP contribution in [0.2, 0.25) is 0 Å². The SMILES string of the molecule is Cc1cc(CN2CC(N3CCN(C(C)C)CC3)C2)n[nH]1. The lowest BCUT2D eigenvalue weighted by molar-refractivity contribution is -0.00461. The molecule has 2 aliphatic heterocycles. The minimum Gasteiger partial charge on any atom is -0.298 e. The van der Waals surface area contributed by atoms with Gasteiger partial charge in [0, 0.05) is 63.6 Å². The third-order valence-electron chi connectivity index (χ3n) is 4.68. The second-order valence-corrected chi connectivity index (χ2v) is 6.56. The Bertz CT molecular complexity index is 427. The highest BCUT2D eigenvalue weighted by molar-refractivity contribution is 5.07. The molecule has 0 unspecified atom stereocenters. The number of H-pyrrole nitrogens is 1. The molecule has 2 saturated heterocycles. The molecule has 0 atom stereocenters. The van der Waals surface area contributed by atoms with E-state index in [1.165, 1.54) is 45.0 Å². The van der Waals surface area contributed by atoms with Gasteiger partial charge >= 0.3 is 0 Å². The van der Waals surface area contributed by atoms with Gasteiger partial charge in [0.1, 0.15) is 0 Å². The molecule has 1 aromatic heterocycles. The van der Waals surface area contributed by atoms with E-state index in [0.717, 1.165) is 18.3 Å². The normalized spacial score (nSPS) is 23.4. The van der Waals surface area contributed by atoms with Crippen molar-refractivity contribution in [2.75, 3.05) is 39.3 Å². The van der Waals surface area contributed by atoms with Gasteiger partial charge in [-0.1, -0.05) is 0 Å². The second-order valence-electron chi connectivity index (χ2n) is 6.56. The van der Waals surface area contributed by atoms with Crippen molar-refractivity contribution in [3.05, 3.63) is 17.5 Å². The number of hydrogen-bond donors (Lipinski definition) is 1. The number of aromatic nitrogens is 2. The smallest absolute Gasteiger partial charge is 0.0765 e. The molecule has 0 aliphatic carbocycles. The van der Waals surface area contributed by atoms with E-state index in [1.54, 1.807) is 0 Å². The quantitative estimate of drug-likeness (QED) is 0.888. The van der Waals surface area contributed by atoms with Crippen LogP contribution >= 0.6 is 0 Å². The number of rotatable bonds is 4. The Balaban J connectivity index is 1.40. The summed E-state index contributed by atoms with van der Waals surface area (Å²) in [6.07, 6.45) is 0. The maximum Gasteiger partial charge on any atom is 0.0765 e. The van der Waals surface area contributed by atoms with Crippen LogP contribution in [0.15, 0.2) is 6.07 Å². The molecular weight excluding hydrogens is 250 g/mol. The molecule has 1 N–H and O–H groups in total.